The van der Waals surface area contributed by atoms with Gasteiger partial charge in [0.05, 0.1) is 0 Å². The van der Waals surface area contributed by atoms with E-state index in [0.29, 0.717) is 6.42 Å². The second-order valence-electron chi connectivity index (χ2n) is 6.40. The van der Waals surface area contributed by atoms with Crippen LogP contribution in [0, 0.1) is 0 Å². The lowest BCUT2D eigenvalue weighted by Crippen LogP contribution is -2.32. The van der Waals surface area contributed by atoms with Gasteiger partial charge in [-0.3, -0.25) is 4.79 Å². The highest BCUT2D eigenvalue weighted by atomic mass is 32.2. The van der Waals surface area contributed by atoms with Gasteiger partial charge in [-0.05, 0) is 29.7 Å². The van der Waals surface area contributed by atoms with Crippen LogP contribution in [0.1, 0.15) is 28.7 Å². The predicted octanol–water partition coefficient (Wildman–Crippen LogP) is 4.45. The van der Waals surface area contributed by atoms with E-state index in [1.54, 1.807) is 11.8 Å². The molecule has 3 nitrogen and oxygen atoms in total. The third-order valence-electron chi connectivity index (χ3n) is 4.77. The Hall–Kier alpha value is -2.56. The first-order valence-corrected chi connectivity index (χ1v) is 9.31. The minimum Gasteiger partial charge on any atom is -0.481 e. The van der Waals surface area contributed by atoms with Crippen LogP contribution in [0.5, 0.6) is 0 Å². The zero-order valence-corrected chi connectivity index (χ0v) is 14.9. The van der Waals surface area contributed by atoms with E-state index in [9.17, 15) is 9.90 Å². The number of benzene rings is 3. The number of hydrogen-bond donors (Lipinski definition) is 2. The normalized spacial score (nSPS) is 14.3. The molecule has 0 fully saturated rings. The van der Waals surface area contributed by atoms with Crippen LogP contribution in [0.2, 0.25) is 0 Å². The maximum atomic E-state index is 11.8. The van der Waals surface area contributed by atoms with Gasteiger partial charge in [-0.2, -0.15) is 0 Å². The van der Waals surface area contributed by atoms with Crippen LogP contribution >= 0.6 is 11.8 Å². The van der Waals surface area contributed by atoms with E-state index in [1.165, 1.54) is 0 Å². The Labute approximate surface area is 156 Å². The Kier molecular flexibility index (Phi) is 4.31. The maximum absolute atomic E-state index is 11.8. The van der Waals surface area contributed by atoms with Gasteiger partial charge in [-0.25, -0.2) is 0 Å². The van der Waals surface area contributed by atoms with Crippen molar-refractivity contribution in [3.63, 3.8) is 0 Å². The van der Waals surface area contributed by atoms with Gasteiger partial charge in [0.1, 0.15) is 5.60 Å². The lowest BCUT2D eigenvalue weighted by Gasteiger charge is -2.36. The van der Waals surface area contributed by atoms with Crippen LogP contribution in [0.15, 0.2) is 82.6 Å². The number of aryl methyl sites for hydroxylation is 1. The van der Waals surface area contributed by atoms with Crippen LogP contribution in [0.25, 0.3) is 0 Å². The number of carboxylic acid groups (broad SMARTS) is 1. The topological polar surface area (TPSA) is 57.5 Å². The van der Waals surface area contributed by atoms with Crippen molar-refractivity contribution < 1.29 is 15.0 Å². The Morgan fingerprint density at radius 1 is 0.846 bits per heavy atom. The number of carbonyl (C=O) groups is 1. The average Bonchev–Trinajstić information content (AvgIpc) is 2.67. The van der Waals surface area contributed by atoms with Gasteiger partial charge >= 0.3 is 5.97 Å². The van der Waals surface area contributed by atoms with Gasteiger partial charge in [0.15, 0.2) is 0 Å². The highest BCUT2D eigenvalue weighted by Gasteiger charge is 2.40. The molecule has 0 aromatic heterocycles. The molecule has 3 aromatic carbocycles. The summed E-state index contributed by atoms with van der Waals surface area (Å²) in [6.07, 6.45) is 0.586. The van der Waals surface area contributed by atoms with Gasteiger partial charge < -0.3 is 10.2 Å². The molecule has 1 aliphatic heterocycles. The molecule has 0 atom stereocenters. The fourth-order valence-corrected chi connectivity index (χ4v) is 4.63. The number of carboxylic acids is 1. The van der Waals surface area contributed by atoms with Crippen LogP contribution in [0.4, 0.5) is 0 Å². The van der Waals surface area contributed by atoms with Crippen molar-refractivity contribution in [1.29, 1.82) is 0 Å². The molecule has 0 saturated heterocycles. The van der Waals surface area contributed by atoms with E-state index in [0.717, 1.165) is 32.0 Å². The minimum absolute atomic E-state index is 0.103. The highest BCUT2D eigenvalue weighted by Crippen LogP contribution is 2.50. The summed E-state index contributed by atoms with van der Waals surface area (Å²) in [7, 11) is 0. The van der Waals surface area contributed by atoms with E-state index in [1.807, 2.05) is 72.8 Å². The van der Waals surface area contributed by atoms with Crippen molar-refractivity contribution in [3.8, 4) is 0 Å². The number of fused-ring (bicyclic) bond motifs is 2. The molecule has 0 radical (unpaired) electrons. The standard InChI is InChI=1S/C22H18O3S/c23-21(24)14-11-15-9-12-16(13-10-15)22(25)17-5-1-3-7-19(17)26-20-8-4-2-6-18(20)22/h1-10,12-13,25H,11,14H2,(H,23,24). The van der Waals surface area contributed by atoms with E-state index in [-0.39, 0.29) is 6.42 Å². The van der Waals surface area contributed by atoms with E-state index >= 15 is 0 Å². The average molecular weight is 362 g/mol. The van der Waals surface area contributed by atoms with Crippen molar-refractivity contribution in [3.05, 3.63) is 95.1 Å². The van der Waals surface area contributed by atoms with Crippen molar-refractivity contribution >= 4 is 17.7 Å². The minimum atomic E-state index is -1.22. The van der Waals surface area contributed by atoms with Crippen LogP contribution in [-0.2, 0) is 16.8 Å². The highest BCUT2D eigenvalue weighted by molar-refractivity contribution is 7.99. The molecule has 4 heteroatoms. The monoisotopic (exact) mass is 362 g/mol. The number of aliphatic hydroxyl groups is 1. The van der Waals surface area contributed by atoms with Gasteiger partial charge in [-0.15, -0.1) is 0 Å². The van der Waals surface area contributed by atoms with Crippen molar-refractivity contribution in [2.45, 2.75) is 28.2 Å². The van der Waals surface area contributed by atoms with Crippen molar-refractivity contribution in [2.24, 2.45) is 0 Å². The molecule has 26 heavy (non-hydrogen) atoms. The van der Waals surface area contributed by atoms with Gasteiger partial charge in [0.2, 0.25) is 0 Å². The van der Waals surface area contributed by atoms with Crippen LogP contribution in [0.3, 0.4) is 0 Å². The third kappa shape index (κ3) is 2.81. The van der Waals surface area contributed by atoms with Crippen LogP contribution in [-0.4, -0.2) is 16.2 Å². The largest absolute Gasteiger partial charge is 0.481 e. The second kappa shape index (κ2) is 6.63. The molecule has 4 rings (SSSR count). The van der Waals surface area contributed by atoms with Crippen LogP contribution < -0.4 is 0 Å². The van der Waals surface area contributed by atoms with Crippen molar-refractivity contribution in [2.75, 3.05) is 0 Å². The lowest BCUT2D eigenvalue weighted by atomic mass is 9.79. The Bertz CT molecular complexity index is 918. The van der Waals surface area contributed by atoms with Gasteiger partial charge in [0, 0.05) is 27.3 Å². The first kappa shape index (κ1) is 16.9. The Balaban J connectivity index is 1.81. The summed E-state index contributed by atoms with van der Waals surface area (Å²) in [5.74, 6) is -0.806. The third-order valence-corrected chi connectivity index (χ3v) is 5.92. The number of hydrogen-bond acceptors (Lipinski definition) is 3. The molecule has 0 unspecified atom stereocenters. The molecule has 0 saturated carbocycles. The summed E-state index contributed by atoms with van der Waals surface area (Å²) in [4.78, 5) is 12.9. The summed E-state index contributed by atoms with van der Waals surface area (Å²) in [5, 5.41) is 20.7. The van der Waals surface area contributed by atoms with E-state index < -0.39 is 11.6 Å². The smallest absolute Gasteiger partial charge is 0.303 e. The van der Waals surface area contributed by atoms with E-state index in [4.69, 9.17) is 5.11 Å². The number of aliphatic carboxylic acids is 1. The molecule has 0 bridgehead atoms. The molecule has 0 aliphatic carbocycles. The first-order chi connectivity index (χ1) is 12.6. The first-order valence-electron chi connectivity index (χ1n) is 8.49. The second-order valence-corrected chi connectivity index (χ2v) is 7.48. The fourth-order valence-electron chi connectivity index (χ4n) is 3.45. The Morgan fingerprint density at radius 2 is 1.38 bits per heavy atom. The fraction of sp³-hybridized carbons (Fsp3) is 0.136. The molecule has 1 aliphatic rings. The summed E-state index contributed by atoms with van der Waals surface area (Å²) in [6.45, 7) is 0. The quantitative estimate of drug-likeness (QED) is 0.720. The molecule has 0 spiro atoms. The summed E-state index contributed by atoms with van der Waals surface area (Å²) in [5.41, 5.74) is 2.27. The summed E-state index contributed by atoms with van der Waals surface area (Å²) < 4.78 is 0. The summed E-state index contributed by atoms with van der Waals surface area (Å²) >= 11 is 1.67. The van der Waals surface area contributed by atoms with Gasteiger partial charge in [0.25, 0.3) is 0 Å². The molecule has 0 amide bonds. The SMILES string of the molecule is O=C(O)CCc1ccc(C2(O)c3ccccc3Sc3ccccc32)cc1. The summed E-state index contributed by atoms with van der Waals surface area (Å²) in [6, 6.07) is 23.5. The van der Waals surface area contributed by atoms with Gasteiger partial charge in [-0.1, -0.05) is 72.4 Å². The predicted molar refractivity (Wildman–Crippen MR) is 102 cm³/mol. The number of rotatable bonds is 4. The molecule has 3 aromatic rings. The molecular weight excluding hydrogens is 344 g/mol. The molecule has 2 N–H and O–H groups in total. The molecular formula is C22H18O3S. The Morgan fingerprint density at radius 3 is 1.92 bits per heavy atom. The zero-order chi connectivity index (χ0) is 18.1. The van der Waals surface area contributed by atoms with E-state index in [2.05, 4.69) is 0 Å². The lowest BCUT2D eigenvalue weighted by molar-refractivity contribution is -0.136. The zero-order valence-electron chi connectivity index (χ0n) is 14.1. The molecule has 130 valence electrons. The molecule has 1 heterocycles. The maximum Gasteiger partial charge on any atom is 0.303 e. The van der Waals surface area contributed by atoms with Crippen molar-refractivity contribution in [1.82, 2.24) is 0 Å².